The van der Waals surface area contributed by atoms with E-state index >= 15 is 0 Å². The van der Waals surface area contributed by atoms with E-state index in [0.717, 1.165) is 99.1 Å². The number of aryl methyl sites for hydroxylation is 2. The van der Waals surface area contributed by atoms with Crippen LogP contribution in [0.4, 0.5) is 0 Å². The zero-order valence-corrected chi connectivity index (χ0v) is 61.2. The highest BCUT2D eigenvalue weighted by Crippen LogP contribution is 2.37. The van der Waals surface area contributed by atoms with E-state index in [1.807, 2.05) is 99.6 Å². The Bertz CT molecular complexity index is 2890. The van der Waals surface area contributed by atoms with Gasteiger partial charge in [0.25, 0.3) is 0 Å². The van der Waals surface area contributed by atoms with Gasteiger partial charge >= 0.3 is 65.8 Å². The maximum atomic E-state index is 12.0. The summed E-state index contributed by atoms with van der Waals surface area (Å²) in [6.07, 6.45) is 12.6. The average molecular weight is 1490 g/mol. The van der Waals surface area contributed by atoms with Gasteiger partial charge in [0.1, 0.15) is 45.4 Å². The minimum Gasteiger partial charge on any atom is -0.408 e. The van der Waals surface area contributed by atoms with E-state index in [4.69, 9.17) is 49.8 Å². The molecule has 0 aliphatic heterocycles. The maximum absolute atomic E-state index is 12.0. The van der Waals surface area contributed by atoms with Crippen LogP contribution < -0.4 is 27.1 Å². The minimum atomic E-state index is -2.17. The van der Waals surface area contributed by atoms with Crippen LogP contribution in [-0.4, -0.2) is 59.1 Å². The molecule has 6 aromatic carbocycles. The van der Waals surface area contributed by atoms with Crippen molar-refractivity contribution in [2.75, 3.05) is 59.1 Å². The first-order valence-electron chi connectivity index (χ1n) is 29.9. The maximum Gasteiger partial charge on any atom is 0.750 e. The fourth-order valence-electron chi connectivity index (χ4n) is 7.68. The second-order valence-corrected chi connectivity index (χ2v) is 28.5. The van der Waals surface area contributed by atoms with Crippen molar-refractivity contribution in [2.45, 2.75) is 104 Å². The van der Waals surface area contributed by atoms with Gasteiger partial charge in [-0.25, -0.2) is 22.7 Å². The van der Waals surface area contributed by atoms with E-state index in [9.17, 15) is 36.5 Å². The van der Waals surface area contributed by atoms with Crippen LogP contribution in [0.3, 0.4) is 0 Å². The molecule has 6 aromatic rings. The van der Waals surface area contributed by atoms with Crippen LogP contribution in [-0.2, 0) is 63.7 Å². The van der Waals surface area contributed by atoms with E-state index in [1.165, 1.54) is 0 Å². The standard InChI is InChI=1S/C22H28O6P2.C18H22O6P2.C9H12O2P.C8H18O4P2.C6H4BrO2P/c1-17-3-11-21(12-4-17)27-29(23)25-15-19-7-9-20(10-8-19)16-26-30(24)28-22-13-5-18(2)6-14-22;19-25(23-17-11-5-3-6-12-17)21-15-9-1-2-10-16-22-26(20)24-18-13-7-4-8-14-18;1-2-8-12(10)11-9-6-4-3-5-7-9;1-13(9)11-7-5-3-4-6-8-12-14(2)10;7-5-2-1-3-6(4-5)9-10-8/h3-6,11-14,19-20H,7-10,15-16H2,1-2H3;3-8,11-14H,1-2,9-10,15-16H2;3-7H,2,8H2,1H3;3-8H2,1-2H3;1-4H/q2*+2;+1;+2;. The van der Waals surface area contributed by atoms with Gasteiger partial charge in [-0.05, 0) is 176 Å². The molecule has 20 nitrogen and oxygen atoms in total. The molecule has 496 valence electrons. The summed E-state index contributed by atoms with van der Waals surface area (Å²) in [6.45, 7) is 11.8. The molecule has 1 saturated carbocycles. The Balaban J connectivity index is 0.000000321. The van der Waals surface area contributed by atoms with Gasteiger partial charge in [-0.1, -0.05) is 145 Å². The van der Waals surface area contributed by atoms with Crippen molar-refractivity contribution < 1.29 is 90.8 Å². The lowest BCUT2D eigenvalue weighted by atomic mass is 9.83. The lowest BCUT2D eigenvalue weighted by Gasteiger charge is -2.25. The Morgan fingerprint density at radius 2 is 0.728 bits per heavy atom. The van der Waals surface area contributed by atoms with Gasteiger partial charge in [-0.2, -0.15) is 0 Å². The highest BCUT2D eigenvalue weighted by Gasteiger charge is 2.31. The van der Waals surface area contributed by atoms with E-state index < -0.39 is 57.1 Å². The predicted molar refractivity (Wildman–Crippen MR) is 366 cm³/mol. The summed E-state index contributed by atoms with van der Waals surface area (Å²) in [7, 11) is -13.4. The zero-order valence-electron chi connectivity index (χ0n) is 52.5. The summed E-state index contributed by atoms with van der Waals surface area (Å²) in [4.78, 5) is 0. The molecule has 7 unspecified atom stereocenters. The zero-order chi connectivity index (χ0) is 66.8. The molecule has 92 heavy (non-hydrogen) atoms. The van der Waals surface area contributed by atoms with Crippen LogP contribution in [0.25, 0.3) is 0 Å². The molecular formula is C63H84BrO20P8+7. The number of rotatable bonds is 38. The summed E-state index contributed by atoms with van der Waals surface area (Å²) in [5.41, 5.74) is 2.23. The summed E-state index contributed by atoms with van der Waals surface area (Å²) in [5.74, 6) is 4.11. The van der Waals surface area contributed by atoms with E-state index in [-0.39, 0.29) is 8.69 Å². The van der Waals surface area contributed by atoms with Gasteiger partial charge in [-0.15, -0.1) is 27.1 Å². The van der Waals surface area contributed by atoms with Crippen LogP contribution >= 0.6 is 81.7 Å². The third-order valence-electron chi connectivity index (χ3n) is 12.4. The summed E-state index contributed by atoms with van der Waals surface area (Å²) < 4.78 is 152. The van der Waals surface area contributed by atoms with Crippen molar-refractivity contribution in [3.63, 3.8) is 0 Å². The molecule has 1 fully saturated rings. The molecule has 0 radical (unpaired) electrons. The van der Waals surface area contributed by atoms with Crippen molar-refractivity contribution in [3.8, 4) is 34.5 Å². The van der Waals surface area contributed by atoms with Crippen molar-refractivity contribution in [2.24, 2.45) is 11.8 Å². The molecule has 0 saturated heterocycles. The number of para-hydroxylation sites is 3. The number of hydrogen-bond donors (Lipinski definition) is 0. The first-order valence-corrected chi connectivity index (χ1v) is 40.4. The van der Waals surface area contributed by atoms with E-state index in [2.05, 4.69) is 20.5 Å². The number of hydrogen-bond acceptors (Lipinski definition) is 20. The molecule has 7 atom stereocenters. The lowest BCUT2D eigenvalue weighted by molar-refractivity contribution is 0.144. The van der Waals surface area contributed by atoms with Crippen molar-refractivity contribution in [3.05, 3.63) is 179 Å². The number of unbranched alkanes of at least 4 members (excludes halogenated alkanes) is 6. The van der Waals surface area contributed by atoms with Crippen molar-refractivity contribution in [1.29, 1.82) is 0 Å². The highest BCUT2D eigenvalue weighted by atomic mass is 79.9. The lowest BCUT2D eigenvalue weighted by Crippen LogP contribution is -2.20. The average Bonchev–Trinajstić information content (AvgIpc) is 3.29. The van der Waals surface area contributed by atoms with Gasteiger partial charge in [0.05, 0.1) is 0 Å². The number of halogens is 1. The van der Waals surface area contributed by atoms with Crippen molar-refractivity contribution in [1.82, 2.24) is 0 Å². The van der Waals surface area contributed by atoms with E-state index in [1.54, 1.807) is 98.3 Å². The van der Waals surface area contributed by atoms with Gasteiger partial charge in [-0.3, -0.25) is 4.52 Å². The molecule has 1 aliphatic carbocycles. The first-order chi connectivity index (χ1) is 44.5. The number of benzene rings is 6. The largest absolute Gasteiger partial charge is 0.750 e. The third kappa shape index (κ3) is 43.9. The Labute approximate surface area is 558 Å². The fraction of sp³-hybridized carbons (Fsp3) is 0.429. The topological polar surface area (TPSA) is 247 Å². The smallest absolute Gasteiger partial charge is 0.408 e. The van der Waals surface area contributed by atoms with Crippen LogP contribution in [0.2, 0.25) is 0 Å². The summed E-state index contributed by atoms with van der Waals surface area (Å²) >= 11 is 3.25. The Hall–Kier alpha value is -4.84. The fourth-order valence-corrected chi connectivity index (χ4v) is 12.5. The molecule has 0 N–H and O–H groups in total. The third-order valence-corrected chi connectivity index (χ3v) is 18.4. The van der Waals surface area contributed by atoms with Crippen LogP contribution in [0, 0.1) is 25.7 Å². The molecule has 0 spiro atoms. The van der Waals surface area contributed by atoms with Crippen molar-refractivity contribution >= 4 is 81.7 Å². The Morgan fingerprint density at radius 3 is 1.07 bits per heavy atom. The molecule has 0 bridgehead atoms. The van der Waals surface area contributed by atoms with Crippen LogP contribution in [0.1, 0.15) is 102 Å². The first kappa shape index (κ1) is 81.4. The molecule has 0 amide bonds. The molecule has 7 rings (SSSR count). The van der Waals surface area contributed by atoms with Gasteiger partial charge in [0.2, 0.25) is 0 Å². The van der Waals surface area contributed by atoms with Gasteiger partial charge < -0.3 is 4.52 Å². The van der Waals surface area contributed by atoms with Crippen LogP contribution in [0.15, 0.2) is 168 Å². The van der Waals surface area contributed by atoms with Crippen LogP contribution in [0.5, 0.6) is 34.5 Å². The Kier molecular flexibility index (Phi) is 46.4. The summed E-state index contributed by atoms with van der Waals surface area (Å²) in [5, 5.41) is 0. The predicted octanol–water partition coefficient (Wildman–Crippen LogP) is 22.5. The SMILES string of the molecule is CCC[P+](=O)Oc1ccccc1.C[P+](=O)OCCCCCCO[P+](C)=O.Cc1ccc(O[P+](=O)OCC2CCC(CO[P+](=O)Oc3ccc(C)cc3)CC2)cc1.O=POc1cccc(Br)c1.O=[P+](OCCCCCCO[P+](=O)Oc1ccccc1)Oc1ccccc1. The van der Waals surface area contributed by atoms with E-state index in [0.29, 0.717) is 92.1 Å². The second kappa shape index (κ2) is 52.4. The summed E-state index contributed by atoms with van der Waals surface area (Å²) in [6, 6.07) is 49.0. The monoisotopic (exact) mass is 1490 g/mol. The minimum absolute atomic E-state index is 0.323. The van der Waals surface area contributed by atoms with Gasteiger partial charge in [0, 0.05) is 22.7 Å². The quantitative estimate of drug-likeness (QED) is 0.0258. The van der Waals surface area contributed by atoms with Gasteiger partial charge in [0.15, 0.2) is 48.2 Å². The normalized spacial score (nSPS) is 14.2. The molecule has 29 heteroatoms. The molecule has 1 aliphatic rings. The second-order valence-electron chi connectivity index (χ2n) is 20.1. The molecular weight excluding hydrogens is 1400 g/mol. The molecule has 0 aromatic heterocycles. The molecule has 0 heterocycles. The highest BCUT2D eigenvalue weighted by molar-refractivity contribution is 9.10. The Morgan fingerprint density at radius 1 is 0.402 bits per heavy atom.